The van der Waals surface area contributed by atoms with Crippen LogP contribution in [0.2, 0.25) is 0 Å². The van der Waals surface area contributed by atoms with Crippen LogP contribution in [-0.4, -0.2) is 11.7 Å². The standard InChI is InChI=1S/C19H31NO/c1-5-16-7-6-8-19(11-16,12-20)18(21)17-14(3)9-13(2)10-15(17)4/h9-10,16,18,21H,5-8,11-12,20H2,1-4H3. The Hall–Kier alpha value is -0.860. The third kappa shape index (κ3) is 3.17. The van der Waals surface area contributed by atoms with Gasteiger partial charge in [-0.3, -0.25) is 0 Å². The average molecular weight is 289 g/mol. The van der Waals surface area contributed by atoms with Gasteiger partial charge in [0.05, 0.1) is 6.10 Å². The minimum absolute atomic E-state index is 0.135. The van der Waals surface area contributed by atoms with Crippen LogP contribution >= 0.6 is 0 Å². The molecule has 3 unspecified atom stereocenters. The Kier molecular flexibility index (Phi) is 5.11. The number of aryl methyl sites for hydroxylation is 3. The lowest BCUT2D eigenvalue weighted by Crippen LogP contribution is -2.41. The van der Waals surface area contributed by atoms with Gasteiger partial charge in [-0.25, -0.2) is 0 Å². The zero-order chi connectivity index (χ0) is 15.6. The van der Waals surface area contributed by atoms with Gasteiger partial charge in [-0.15, -0.1) is 0 Å². The molecule has 0 radical (unpaired) electrons. The first kappa shape index (κ1) is 16.5. The molecule has 2 heteroatoms. The third-order valence-corrected chi connectivity index (χ3v) is 5.56. The molecular weight excluding hydrogens is 258 g/mol. The van der Waals surface area contributed by atoms with E-state index in [2.05, 4.69) is 39.8 Å². The number of aliphatic hydroxyl groups excluding tert-OH is 1. The number of nitrogens with two attached hydrogens (primary N) is 1. The van der Waals surface area contributed by atoms with Crippen LogP contribution in [0.3, 0.4) is 0 Å². The number of rotatable bonds is 4. The van der Waals surface area contributed by atoms with Crippen LogP contribution in [0.4, 0.5) is 0 Å². The molecule has 0 aromatic heterocycles. The number of aliphatic hydroxyl groups is 1. The Balaban J connectivity index is 2.38. The van der Waals surface area contributed by atoms with E-state index >= 15 is 0 Å². The maximum absolute atomic E-state index is 11.2. The molecule has 1 aliphatic rings. The van der Waals surface area contributed by atoms with Crippen molar-refractivity contribution in [3.8, 4) is 0 Å². The molecule has 3 N–H and O–H groups in total. The SMILES string of the molecule is CCC1CCCC(CN)(C(O)c2c(C)cc(C)cc2C)C1. The molecular formula is C19H31NO. The van der Waals surface area contributed by atoms with E-state index in [0.717, 1.165) is 18.4 Å². The molecule has 2 nitrogen and oxygen atoms in total. The summed E-state index contributed by atoms with van der Waals surface area (Å²) in [6, 6.07) is 4.35. The molecule has 0 bridgehead atoms. The van der Waals surface area contributed by atoms with Gasteiger partial charge in [0.2, 0.25) is 0 Å². The van der Waals surface area contributed by atoms with E-state index in [1.165, 1.54) is 36.0 Å². The van der Waals surface area contributed by atoms with Gasteiger partial charge in [0, 0.05) is 12.0 Å². The second-order valence-electron chi connectivity index (χ2n) is 7.15. The van der Waals surface area contributed by atoms with Crippen molar-refractivity contribution in [2.75, 3.05) is 6.54 Å². The summed E-state index contributed by atoms with van der Waals surface area (Å²) in [5, 5.41) is 11.2. The van der Waals surface area contributed by atoms with E-state index in [1.54, 1.807) is 0 Å². The van der Waals surface area contributed by atoms with Crippen molar-refractivity contribution >= 4 is 0 Å². The smallest absolute Gasteiger partial charge is 0.0863 e. The lowest BCUT2D eigenvalue weighted by atomic mass is 9.64. The first-order chi connectivity index (χ1) is 9.93. The zero-order valence-corrected chi connectivity index (χ0v) is 14.1. The predicted octanol–water partition coefficient (Wildman–Crippen LogP) is 4.19. The fourth-order valence-electron chi connectivity index (χ4n) is 4.34. The summed E-state index contributed by atoms with van der Waals surface area (Å²) < 4.78 is 0. The van der Waals surface area contributed by atoms with Crippen LogP contribution in [0.25, 0.3) is 0 Å². The molecule has 1 aromatic carbocycles. The Morgan fingerprint density at radius 2 is 1.90 bits per heavy atom. The summed E-state index contributed by atoms with van der Waals surface area (Å²) >= 11 is 0. The Bertz CT molecular complexity index is 473. The largest absolute Gasteiger partial charge is 0.388 e. The highest BCUT2D eigenvalue weighted by Crippen LogP contribution is 2.49. The molecule has 3 atom stereocenters. The van der Waals surface area contributed by atoms with Crippen molar-refractivity contribution in [1.82, 2.24) is 0 Å². The first-order valence-electron chi connectivity index (χ1n) is 8.39. The quantitative estimate of drug-likeness (QED) is 0.873. The molecule has 2 rings (SSSR count). The summed E-state index contributed by atoms with van der Waals surface area (Å²) in [7, 11) is 0. The summed E-state index contributed by atoms with van der Waals surface area (Å²) in [6.45, 7) is 9.18. The summed E-state index contributed by atoms with van der Waals surface area (Å²) in [5.41, 5.74) is 10.8. The van der Waals surface area contributed by atoms with E-state index in [1.807, 2.05) is 0 Å². The van der Waals surface area contributed by atoms with Gasteiger partial charge in [-0.05, 0) is 56.2 Å². The van der Waals surface area contributed by atoms with Crippen LogP contribution in [-0.2, 0) is 0 Å². The Morgan fingerprint density at radius 1 is 1.29 bits per heavy atom. The second kappa shape index (κ2) is 6.50. The predicted molar refractivity (Wildman–Crippen MR) is 89.3 cm³/mol. The molecule has 0 spiro atoms. The van der Waals surface area contributed by atoms with Crippen LogP contribution in [0.1, 0.15) is 67.4 Å². The van der Waals surface area contributed by atoms with Gasteiger partial charge in [0.25, 0.3) is 0 Å². The fourth-order valence-corrected chi connectivity index (χ4v) is 4.34. The molecule has 0 saturated heterocycles. The van der Waals surface area contributed by atoms with E-state index in [-0.39, 0.29) is 5.41 Å². The van der Waals surface area contributed by atoms with Gasteiger partial charge < -0.3 is 10.8 Å². The average Bonchev–Trinajstić information content (AvgIpc) is 2.46. The van der Waals surface area contributed by atoms with Crippen molar-refractivity contribution in [3.05, 3.63) is 34.4 Å². The Labute approximate surface area is 129 Å². The maximum Gasteiger partial charge on any atom is 0.0863 e. The minimum atomic E-state index is -0.433. The van der Waals surface area contributed by atoms with Gasteiger partial charge in [0.1, 0.15) is 0 Å². The zero-order valence-electron chi connectivity index (χ0n) is 14.1. The van der Waals surface area contributed by atoms with Crippen molar-refractivity contribution < 1.29 is 5.11 Å². The Morgan fingerprint density at radius 3 is 2.43 bits per heavy atom. The van der Waals surface area contributed by atoms with Crippen molar-refractivity contribution in [2.45, 2.75) is 65.9 Å². The highest BCUT2D eigenvalue weighted by atomic mass is 16.3. The van der Waals surface area contributed by atoms with Gasteiger partial charge in [0.15, 0.2) is 0 Å². The molecule has 1 fully saturated rings. The van der Waals surface area contributed by atoms with Crippen molar-refractivity contribution in [3.63, 3.8) is 0 Å². The van der Waals surface area contributed by atoms with Crippen LogP contribution < -0.4 is 5.73 Å². The molecule has 0 heterocycles. The molecule has 0 aliphatic heterocycles. The van der Waals surface area contributed by atoms with Crippen molar-refractivity contribution in [1.29, 1.82) is 0 Å². The lowest BCUT2D eigenvalue weighted by Gasteiger charge is -2.44. The maximum atomic E-state index is 11.2. The van der Waals surface area contributed by atoms with E-state index in [9.17, 15) is 5.11 Å². The highest BCUT2D eigenvalue weighted by Gasteiger charge is 2.42. The topological polar surface area (TPSA) is 46.2 Å². The molecule has 118 valence electrons. The first-order valence-corrected chi connectivity index (χ1v) is 8.39. The number of hydrogen-bond acceptors (Lipinski definition) is 2. The molecule has 1 saturated carbocycles. The van der Waals surface area contributed by atoms with E-state index in [4.69, 9.17) is 5.73 Å². The summed E-state index contributed by atoms with van der Waals surface area (Å²) in [4.78, 5) is 0. The van der Waals surface area contributed by atoms with Gasteiger partial charge in [-0.2, -0.15) is 0 Å². The van der Waals surface area contributed by atoms with Gasteiger partial charge >= 0.3 is 0 Å². The molecule has 21 heavy (non-hydrogen) atoms. The van der Waals surface area contributed by atoms with Gasteiger partial charge in [-0.1, -0.05) is 43.9 Å². The van der Waals surface area contributed by atoms with Crippen LogP contribution in [0.5, 0.6) is 0 Å². The lowest BCUT2D eigenvalue weighted by molar-refractivity contribution is -0.0169. The van der Waals surface area contributed by atoms with Crippen LogP contribution in [0, 0.1) is 32.1 Å². The summed E-state index contributed by atoms with van der Waals surface area (Å²) in [5.74, 6) is 0.711. The second-order valence-corrected chi connectivity index (χ2v) is 7.15. The number of benzene rings is 1. The molecule has 0 amide bonds. The van der Waals surface area contributed by atoms with E-state index in [0.29, 0.717) is 12.5 Å². The van der Waals surface area contributed by atoms with Crippen LogP contribution in [0.15, 0.2) is 12.1 Å². The third-order valence-electron chi connectivity index (χ3n) is 5.56. The molecule has 1 aromatic rings. The normalized spacial score (nSPS) is 27.6. The fraction of sp³-hybridized carbons (Fsp3) is 0.684. The minimum Gasteiger partial charge on any atom is -0.388 e. The van der Waals surface area contributed by atoms with E-state index < -0.39 is 6.10 Å². The highest BCUT2D eigenvalue weighted by molar-refractivity contribution is 5.40. The molecule has 1 aliphatic carbocycles. The number of hydrogen-bond donors (Lipinski definition) is 2. The van der Waals surface area contributed by atoms with Crippen molar-refractivity contribution in [2.24, 2.45) is 17.1 Å². The summed E-state index contributed by atoms with van der Waals surface area (Å²) in [6.07, 6.45) is 5.35. The monoisotopic (exact) mass is 289 g/mol.